The fraction of sp³-hybridized carbons (Fsp3) is 0.600. The summed E-state index contributed by atoms with van der Waals surface area (Å²) in [5.41, 5.74) is 0. The van der Waals surface area contributed by atoms with Crippen LogP contribution in [0.2, 0.25) is 0 Å². The third-order valence-electron chi connectivity index (χ3n) is 2.24. The molecule has 2 unspecified atom stereocenters. The number of hydrogen-bond acceptors (Lipinski definition) is 5. The van der Waals surface area contributed by atoms with Gasteiger partial charge >= 0.3 is 0 Å². The largest absolute Gasteiger partial charge is 0.248 e. The van der Waals surface area contributed by atoms with Crippen LogP contribution in [0.3, 0.4) is 0 Å². The molecule has 0 aliphatic carbocycles. The lowest BCUT2D eigenvalue weighted by Gasteiger charge is -2.14. The van der Waals surface area contributed by atoms with Gasteiger partial charge in [-0.15, -0.1) is 11.3 Å². The smallest absolute Gasteiger partial charge is 0.228 e. The van der Waals surface area contributed by atoms with Gasteiger partial charge in [0.1, 0.15) is 5.01 Å². The minimum atomic E-state index is -3.61. The van der Waals surface area contributed by atoms with Gasteiger partial charge in [0.2, 0.25) is 10.0 Å². The SMILES string of the molecule is CCC(C#N)S(=O)(=O)NC(C)c1ncc(C)s1. The van der Waals surface area contributed by atoms with Crippen LogP contribution in [0.5, 0.6) is 0 Å². The van der Waals surface area contributed by atoms with E-state index in [1.807, 2.05) is 6.92 Å². The van der Waals surface area contributed by atoms with E-state index in [1.54, 1.807) is 26.1 Å². The number of nitrogens with one attached hydrogen (secondary N) is 1. The minimum Gasteiger partial charge on any atom is -0.248 e. The van der Waals surface area contributed by atoms with Crippen LogP contribution in [-0.2, 0) is 10.0 Å². The molecule has 2 atom stereocenters. The number of sulfonamides is 1. The first-order valence-corrected chi connectivity index (χ1v) is 7.60. The average Bonchev–Trinajstić information content (AvgIpc) is 2.65. The molecule has 0 fully saturated rings. The van der Waals surface area contributed by atoms with Crippen molar-refractivity contribution in [2.24, 2.45) is 0 Å². The van der Waals surface area contributed by atoms with E-state index >= 15 is 0 Å². The average molecular weight is 273 g/mol. The van der Waals surface area contributed by atoms with Crippen molar-refractivity contribution < 1.29 is 8.42 Å². The van der Waals surface area contributed by atoms with Crippen LogP contribution in [0, 0.1) is 18.3 Å². The number of aromatic nitrogens is 1. The summed E-state index contributed by atoms with van der Waals surface area (Å²) in [5, 5.41) is 8.47. The molecule has 1 aromatic heterocycles. The van der Waals surface area contributed by atoms with Gasteiger partial charge in [-0.05, 0) is 20.3 Å². The van der Waals surface area contributed by atoms with E-state index in [0.29, 0.717) is 5.01 Å². The van der Waals surface area contributed by atoms with Crippen molar-refractivity contribution in [3.8, 4) is 6.07 Å². The highest BCUT2D eigenvalue weighted by atomic mass is 32.2. The molecule has 0 aliphatic heterocycles. The van der Waals surface area contributed by atoms with Crippen LogP contribution in [0.15, 0.2) is 6.20 Å². The zero-order valence-corrected chi connectivity index (χ0v) is 11.6. The molecule has 0 saturated heterocycles. The molecule has 0 saturated carbocycles. The number of nitriles is 1. The van der Waals surface area contributed by atoms with E-state index in [1.165, 1.54) is 11.3 Å². The monoisotopic (exact) mass is 273 g/mol. The standard InChI is InChI=1S/C10H15N3O2S2/c1-4-9(5-11)17(14,15)13-8(3)10-12-6-7(2)16-10/h6,8-9,13H,4H2,1-3H3. The molecule has 0 radical (unpaired) electrons. The Morgan fingerprint density at radius 1 is 1.65 bits per heavy atom. The van der Waals surface area contributed by atoms with Crippen LogP contribution in [0.25, 0.3) is 0 Å². The van der Waals surface area contributed by atoms with Crippen LogP contribution in [-0.4, -0.2) is 18.7 Å². The second-order valence-corrected chi connectivity index (χ2v) is 6.88. The molecule has 17 heavy (non-hydrogen) atoms. The molecule has 0 spiro atoms. The third-order valence-corrected chi connectivity index (χ3v) is 5.21. The number of nitrogens with zero attached hydrogens (tertiary/aromatic N) is 2. The first-order chi connectivity index (χ1) is 7.90. The van der Waals surface area contributed by atoms with Crippen LogP contribution < -0.4 is 4.72 Å². The van der Waals surface area contributed by atoms with Crippen molar-refractivity contribution in [3.05, 3.63) is 16.1 Å². The Balaban J connectivity index is 2.82. The quantitative estimate of drug-likeness (QED) is 0.885. The van der Waals surface area contributed by atoms with Crippen LogP contribution >= 0.6 is 11.3 Å². The molecular weight excluding hydrogens is 258 g/mol. The summed E-state index contributed by atoms with van der Waals surface area (Å²) in [6.45, 7) is 5.30. The molecule has 0 bridgehead atoms. The predicted octanol–water partition coefficient (Wildman–Crippen LogP) is 1.73. The Bertz CT molecular complexity index is 516. The number of aryl methyl sites for hydroxylation is 1. The van der Waals surface area contributed by atoms with Crippen molar-refractivity contribution in [2.45, 2.75) is 38.5 Å². The molecule has 94 valence electrons. The zero-order chi connectivity index (χ0) is 13.1. The summed E-state index contributed by atoms with van der Waals surface area (Å²) in [5.74, 6) is 0. The van der Waals surface area contributed by atoms with Gasteiger partial charge in [-0.25, -0.2) is 18.1 Å². The second kappa shape index (κ2) is 5.58. The summed E-state index contributed by atoms with van der Waals surface area (Å²) >= 11 is 1.44. The van der Waals surface area contributed by atoms with Gasteiger partial charge in [-0.1, -0.05) is 6.92 Å². The van der Waals surface area contributed by atoms with Gasteiger partial charge in [0.15, 0.2) is 5.25 Å². The lowest BCUT2D eigenvalue weighted by atomic mass is 10.4. The lowest BCUT2D eigenvalue weighted by molar-refractivity contribution is 0.557. The van der Waals surface area contributed by atoms with Gasteiger partial charge in [-0.3, -0.25) is 0 Å². The number of hydrogen-bond donors (Lipinski definition) is 1. The maximum atomic E-state index is 11.8. The highest BCUT2D eigenvalue weighted by Crippen LogP contribution is 2.20. The van der Waals surface area contributed by atoms with Gasteiger partial charge in [0, 0.05) is 11.1 Å². The van der Waals surface area contributed by atoms with Crippen molar-refractivity contribution in [1.29, 1.82) is 5.26 Å². The Labute approximate surface area is 106 Å². The Morgan fingerprint density at radius 3 is 2.71 bits per heavy atom. The summed E-state index contributed by atoms with van der Waals surface area (Å²) in [7, 11) is -3.61. The van der Waals surface area contributed by atoms with E-state index in [9.17, 15) is 8.42 Å². The van der Waals surface area contributed by atoms with E-state index < -0.39 is 21.3 Å². The first kappa shape index (κ1) is 14.1. The topological polar surface area (TPSA) is 82.8 Å². The summed E-state index contributed by atoms with van der Waals surface area (Å²) in [4.78, 5) is 5.15. The molecule has 1 aromatic rings. The molecular formula is C10H15N3O2S2. The van der Waals surface area contributed by atoms with Crippen LogP contribution in [0.4, 0.5) is 0 Å². The van der Waals surface area contributed by atoms with Gasteiger partial charge in [0.25, 0.3) is 0 Å². The number of thiazole rings is 1. The summed E-state index contributed by atoms with van der Waals surface area (Å²) in [6.07, 6.45) is 1.97. The normalized spacial score (nSPS) is 15.2. The van der Waals surface area contributed by atoms with E-state index in [0.717, 1.165) is 4.88 Å². The fourth-order valence-electron chi connectivity index (χ4n) is 1.33. The Hall–Kier alpha value is -0.970. The van der Waals surface area contributed by atoms with Crippen molar-refractivity contribution in [2.75, 3.05) is 0 Å². The van der Waals surface area contributed by atoms with E-state index in [2.05, 4.69) is 9.71 Å². The zero-order valence-electron chi connectivity index (χ0n) is 9.97. The molecule has 7 heteroatoms. The molecule has 0 aliphatic rings. The minimum absolute atomic E-state index is 0.273. The van der Waals surface area contributed by atoms with Crippen molar-refractivity contribution in [3.63, 3.8) is 0 Å². The number of rotatable bonds is 5. The van der Waals surface area contributed by atoms with Crippen molar-refractivity contribution in [1.82, 2.24) is 9.71 Å². The second-order valence-electron chi connectivity index (χ2n) is 3.72. The Kier molecular flexibility index (Phi) is 4.62. The van der Waals surface area contributed by atoms with Gasteiger partial charge < -0.3 is 0 Å². The molecule has 0 amide bonds. The molecule has 1 heterocycles. The maximum absolute atomic E-state index is 11.8. The maximum Gasteiger partial charge on any atom is 0.228 e. The summed E-state index contributed by atoms with van der Waals surface area (Å²) in [6, 6.07) is 1.38. The lowest BCUT2D eigenvalue weighted by Crippen LogP contribution is -2.34. The fourth-order valence-corrected chi connectivity index (χ4v) is 3.53. The summed E-state index contributed by atoms with van der Waals surface area (Å²) < 4.78 is 26.1. The van der Waals surface area contributed by atoms with E-state index in [4.69, 9.17) is 5.26 Å². The Morgan fingerprint density at radius 2 is 2.29 bits per heavy atom. The highest BCUT2D eigenvalue weighted by Gasteiger charge is 2.26. The van der Waals surface area contributed by atoms with Crippen LogP contribution in [0.1, 0.15) is 36.2 Å². The highest BCUT2D eigenvalue weighted by molar-refractivity contribution is 7.90. The van der Waals surface area contributed by atoms with Crippen molar-refractivity contribution >= 4 is 21.4 Å². The van der Waals surface area contributed by atoms with E-state index in [-0.39, 0.29) is 6.42 Å². The van der Waals surface area contributed by atoms with Gasteiger partial charge in [-0.2, -0.15) is 5.26 Å². The predicted molar refractivity (Wildman–Crippen MR) is 67.0 cm³/mol. The van der Waals surface area contributed by atoms with Gasteiger partial charge in [0.05, 0.1) is 12.1 Å². The molecule has 1 N–H and O–H groups in total. The third kappa shape index (κ3) is 3.49. The first-order valence-electron chi connectivity index (χ1n) is 5.23. The molecule has 0 aromatic carbocycles. The molecule has 1 rings (SSSR count). The molecule has 5 nitrogen and oxygen atoms in total.